The highest BCUT2D eigenvalue weighted by atomic mass is 16.5. The Morgan fingerprint density at radius 2 is 1.92 bits per heavy atom. The van der Waals surface area contributed by atoms with Crippen LogP contribution in [-0.2, 0) is 4.79 Å². The molecule has 26 heavy (non-hydrogen) atoms. The third-order valence-electron chi connectivity index (χ3n) is 5.49. The molecule has 0 radical (unpaired) electrons. The smallest absolute Gasteiger partial charge is 0.227 e. The van der Waals surface area contributed by atoms with Crippen molar-refractivity contribution in [1.82, 2.24) is 0 Å². The maximum Gasteiger partial charge on any atom is 0.227 e. The van der Waals surface area contributed by atoms with Crippen molar-refractivity contribution >= 4 is 11.6 Å². The Labute approximate surface area is 154 Å². The summed E-state index contributed by atoms with van der Waals surface area (Å²) in [6, 6.07) is 13.6. The molecule has 2 aromatic rings. The van der Waals surface area contributed by atoms with Gasteiger partial charge >= 0.3 is 0 Å². The number of hydrogen-bond donors (Lipinski definition) is 1. The molecular formula is C22H25NO3. The van der Waals surface area contributed by atoms with E-state index in [4.69, 9.17) is 4.74 Å². The van der Waals surface area contributed by atoms with Crippen LogP contribution in [0.2, 0.25) is 0 Å². The van der Waals surface area contributed by atoms with E-state index in [-0.39, 0.29) is 23.7 Å². The molecule has 1 saturated carbocycles. The van der Waals surface area contributed by atoms with Crippen LogP contribution >= 0.6 is 0 Å². The number of phenolic OH excluding ortho intramolecular Hbond substituents is 1. The van der Waals surface area contributed by atoms with Crippen molar-refractivity contribution in [3.63, 3.8) is 0 Å². The van der Waals surface area contributed by atoms with Gasteiger partial charge in [-0.2, -0.15) is 0 Å². The molecule has 4 heteroatoms. The second-order valence-corrected chi connectivity index (χ2v) is 7.50. The number of carbonyl (C=O) groups excluding carboxylic acids is 1. The lowest BCUT2D eigenvalue weighted by atomic mass is 9.98. The molecule has 1 aliphatic carbocycles. The molecule has 1 N–H and O–H groups in total. The van der Waals surface area contributed by atoms with Gasteiger partial charge in [-0.3, -0.25) is 4.79 Å². The van der Waals surface area contributed by atoms with Crippen molar-refractivity contribution in [2.24, 2.45) is 0 Å². The van der Waals surface area contributed by atoms with E-state index in [0.29, 0.717) is 18.7 Å². The number of aromatic hydroxyl groups is 1. The van der Waals surface area contributed by atoms with E-state index in [1.165, 1.54) is 12.8 Å². The quantitative estimate of drug-likeness (QED) is 0.879. The highest BCUT2D eigenvalue weighted by Gasteiger charge is 2.32. The van der Waals surface area contributed by atoms with Crippen LogP contribution in [0.25, 0.3) is 0 Å². The van der Waals surface area contributed by atoms with Gasteiger partial charge in [-0.15, -0.1) is 0 Å². The lowest BCUT2D eigenvalue weighted by Crippen LogP contribution is -2.24. The van der Waals surface area contributed by atoms with Crippen molar-refractivity contribution in [1.29, 1.82) is 0 Å². The predicted molar refractivity (Wildman–Crippen MR) is 102 cm³/mol. The predicted octanol–water partition coefficient (Wildman–Crippen LogP) is 4.54. The maximum absolute atomic E-state index is 12.5. The monoisotopic (exact) mass is 351 g/mol. The van der Waals surface area contributed by atoms with Gasteiger partial charge in [0, 0.05) is 24.6 Å². The van der Waals surface area contributed by atoms with Gasteiger partial charge < -0.3 is 14.7 Å². The SMILES string of the molecule is Cc1cccc(N2C[C@H](c3ccc(O)c(OC4CCCC4)c3)CC2=O)c1. The third-order valence-corrected chi connectivity index (χ3v) is 5.49. The average molecular weight is 351 g/mol. The molecule has 0 bridgehead atoms. The van der Waals surface area contributed by atoms with Crippen LogP contribution in [0.1, 0.15) is 49.1 Å². The number of anilines is 1. The topological polar surface area (TPSA) is 49.8 Å². The number of phenols is 1. The largest absolute Gasteiger partial charge is 0.504 e. The molecule has 2 fully saturated rings. The van der Waals surface area contributed by atoms with Crippen molar-refractivity contribution < 1.29 is 14.6 Å². The first kappa shape index (κ1) is 17.0. The van der Waals surface area contributed by atoms with Crippen molar-refractivity contribution in [2.45, 2.75) is 51.0 Å². The molecule has 1 amide bonds. The maximum atomic E-state index is 12.5. The molecule has 0 spiro atoms. The summed E-state index contributed by atoms with van der Waals surface area (Å²) >= 11 is 0. The molecule has 2 aliphatic rings. The molecule has 1 saturated heterocycles. The molecule has 136 valence electrons. The summed E-state index contributed by atoms with van der Waals surface area (Å²) in [6.07, 6.45) is 5.16. The van der Waals surface area contributed by atoms with Crippen LogP contribution < -0.4 is 9.64 Å². The number of amides is 1. The Bertz CT molecular complexity index is 811. The Kier molecular flexibility index (Phi) is 4.58. The number of ether oxygens (including phenoxy) is 1. The zero-order chi connectivity index (χ0) is 18.1. The van der Waals surface area contributed by atoms with Gasteiger partial charge in [0.25, 0.3) is 0 Å². The number of hydrogen-bond acceptors (Lipinski definition) is 3. The lowest BCUT2D eigenvalue weighted by Gasteiger charge is -2.19. The van der Waals surface area contributed by atoms with Crippen LogP contribution in [0.4, 0.5) is 5.69 Å². The Balaban J connectivity index is 1.53. The first-order valence-corrected chi connectivity index (χ1v) is 9.47. The summed E-state index contributed by atoms with van der Waals surface area (Å²) in [6.45, 7) is 2.70. The number of aryl methyl sites for hydroxylation is 1. The van der Waals surface area contributed by atoms with E-state index >= 15 is 0 Å². The first-order valence-electron chi connectivity index (χ1n) is 9.47. The summed E-state index contributed by atoms with van der Waals surface area (Å²) in [5, 5.41) is 10.1. The average Bonchev–Trinajstić information content (AvgIpc) is 3.26. The minimum absolute atomic E-state index is 0.120. The van der Waals surface area contributed by atoms with E-state index in [9.17, 15) is 9.90 Å². The second kappa shape index (κ2) is 7.02. The normalized spacial score (nSPS) is 20.7. The molecule has 0 unspecified atom stereocenters. The molecule has 1 atom stereocenters. The zero-order valence-electron chi connectivity index (χ0n) is 15.1. The Morgan fingerprint density at radius 3 is 2.69 bits per heavy atom. The number of rotatable bonds is 4. The van der Waals surface area contributed by atoms with Crippen molar-refractivity contribution in [3.8, 4) is 11.5 Å². The number of benzene rings is 2. The molecule has 1 heterocycles. The molecular weight excluding hydrogens is 326 g/mol. The highest BCUT2D eigenvalue weighted by Crippen LogP contribution is 2.37. The van der Waals surface area contributed by atoms with Crippen LogP contribution in [-0.4, -0.2) is 23.7 Å². The van der Waals surface area contributed by atoms with Crippen LogP contribution in [0, 0.1) is 6.92 Å². The van der Waals surface area contributed by atoms with Gasteiger partial charge in [-0.25, -0.2) is 0 Å². The highest BCUT2D eigenvalue weighted by molar-refractivity contribution is 5.96. The van der Waals surface area contributed by atoms with E-state index < -0.39 is 0 Å². The van der Waals surface area contributed by atoms with E-state index in [2.05, 4.69) is 0 Å². The number of nitrogens with zero attached hydrogens (tertiary/aromatic N) is 1. The molecule has 4 rings (SSSR count). The molecule has 0 aromatic heterocycles. The standard InChI is InChI=1S/C22H25NO3/c1-15-5-4-6-18(11-15)23-14-17(13-22(23)25)16-9-10-20(24)21(12-16)26-19-7-2-3-8-19/h4-6,9-12,17,19,24H,2-3,7-8,13-14H2,1H3/t17-/m1/s1. The van der Waals surface area contributed by atoms with Crippen LogP contribution in [0.5, 0.6) is 11.5 Å². The summed E-state index contributed by atoms with van der Waals surface area (Å²) in [5.74, 6) is 0.998. The summed E-state index contributed by atoms with van der Waals surface area (Å²) in [7, 11) is 0. The van der Waals surface area contributed by atoms with Gasteiger partial charge in [-0.05, 0) is 68.0 Å². The minimum atomic E-state index is 0.120. The van der Waals surface area contributed by atoms with Crippen molar-refractivity contribution in [2.75, 3.05) is 11.4 Å². The summed E-state index contributed by atoms with van der Waals surface area (Å²) in [4.78, 5) is 14.4. The minimum Gasteiger partial charge on any atom is -0.504 e. The van der Waals surface area contributed by atoms with Gasteiger partial charge in [0.15, 0.2) is 11.5 Å². The van der Waals surface area contributed by atoms with E-state index in [1.807, 2.05) is 48.2 Å². The van der Waals surface area contributed by atoms with Gasteiger partial charge in [0.2, 0.25) is 5.91 Å². The van der Waals surface area contributed by atoms with Gasteiger partial charge in [0.1, 0.15) is 0 Å². The van der Waals surface area contributed by atoms with Crippen LogP contribution in [0.3, 0.4) is 0 Å². The Hall–Kier alpha value is -2.49. The first-order chi connectivity index (χ1) is 12.6. The van der Waals surface area contributed by atoms with Gasteiger partial charge in [0.05, 0.1) is 6.10 Å². The third kappa shape index (κ3) is 3.41. The second-order valence-electron chi connectivity index (χ2n) is 7.50. The fourth-order valence-corrected chi connectivity index (χ4v) is 4.04. The van der Waals surface area contributed by atoms with E-state index in [0.717, 1.165) is 29.7 Å². The fraction of sp³-hybridized carbons (Fsp3) is 0.409. The molecule has 1 aliphatic heterocycles. The fourth-order valence-electron chi connectivity index (χ4n) is 4.04. The molecule has 2 aromatic carbocycles. The summed E-state index contributed by atoms with van der Waals surface area (Å²) < 4.78 is 6.01. The lowest BCUT2D eigenvalue weighted by molar-refractivity contribution is -0.117. The van der Waals surface area contributed by atoms with Gasteiger partial charge in [-0.1, -0.05) is 18.2 Å². The molecule has 4 nitrogen and oxygen atoms in total. The summed E-state index contributed by atoms with van der Waals surface area (Å²) in [5.41, 5.74) is 3.16. The van der Waals surface area contributed by atoms with Crippen LogP contribution in [0.15, 0.2) is 42.5 Å². The Morgan fingerprint density at radius 1 is 1.12 bits per heavy atom. The number of carbonyl (C=O) groups is 1. The van der Waals surface area contributed by atoms with E-state index in [1.54, 1.807) is 6.07 Å². The van der Waals surface area contributed by atoms with Crippen molar-refractivity contribution in [3.05, 3.63) is 53.6 Å². The zero-order valence-corrected chi connectivity index (χ0v) is 15.1.